The maximum atomic E-state index is 13.4. The summed E-state index contributed by atoms with van der Waals surface area (Å²) in [7, 11) is 0. The lowest BCUT2D eigenvalue weighted by Gasteiger charge is -2.21. The number of carbonyl (C=O) groups excluding carboxylic acids is 2. The molecular formula is C28H30O2. The van der Waals surface area contributed by atoms with Crippen molar-refractivity contribution in [3.8, 4) is 0 Å². The summed E-state index contributed by atoms with van der Waals surface area (Å²) in [6, 6.07) is 15.8. The van der Waals surface area contributed by atoms with E-state index in [-0.39, 0.29) is 11.6 Å². The zero-order valence-corrected chi connectivity index (χ0v) is 18.1. The summed E-state index contributed by atoms with van der Waals surface area (Å²) in [5, 5.41) is 2.00. The van der Waals surface area contributed by atoms with Gasteiger partial charge < -0.3 is 0 Å². The molecular weight excluding hydrogens is 368 g/mol. The van der Waals surface area contributed by atoms with Crippen molar-refractivity contribution in [3.63, 3.8) is 0 Å². The van der Waals surface area contributed by atoms with Gasteiger partial charge in [0.1, 0.15) is 0 Å². The van der Waals surface area contributed by atoms with Gasteiger partial charge in [0, 0.05) is 22.3 Å². The van der Waals surface area contributed by atoms with Gasteiger partial charge in [0.15, 0.2) is 11.6 Å². The first-order chi connectivity index (χ1) is 14.6. The van der Waals surface area contributed by atoms with E-state index in [0.717, 1.165) is 36.5 Å². The Hall–Kier alpha value is -2.74. The molecule has 4 rings (SSSR count). The van der Waals surface area contributed by atoms with Crippen molar-refractivity contribution >= 4 is 22.3 Å². The highest BCUT2D eigenvalue weighted by Gasteiger charge is 2.31. The van der Waals surface area contributed by atoms with Crippen LogP contribution in [0, 0.1) is 0 Å². The number of rotatable bonds is 8. The molecule has 0 fully saturated rings. The highest BCUT2D eigenvalue weighted by Crippen LogP contribution is 2.33. The molecule has 3 aromatic carbocycles. The van der Waals surface area contributed by atoms with Gasteiger partial charge in [0.2, 0.25) is 0 Å². The minimum Gasteiger partial charge on any atom is -0.289 e. The minimum atomic E-state index is -0.0118. The van der Waals surface area contributed by atoms with Gasteiger partial charge in [-0.3, -0.25) is 9.59 Å². The average Bonchev–Trinajstić information content (AvgIpc) is 2.77. The molecule has 0 saturated heterocycles. The first-order valence-electron chi connectivity index (χ1n) is 11.4. The van der Waals surface area contributed by atoms with Crippen LogP contribution in [0.2, 0.25) is 0 Å². The second kappa shape index (κ2) is 8.95. The predicted octanol–water partition coefficient (Wildman–Crippen LogP) is 7.08. The fourth-order valence-electron chi connectivity index (χ4n) is 4.57. The molecule has 154 valence electrons. The van der Waals surface area contributed by atoms with Crippen LogP contribution in [-0.2, 0) is 12.8 Å². The van der Waals surface area contributed by atoms with Crippen LogP contribution in [0.5, 0.6) is 0 Å². The van der Waals surface area contributed by atoms with Crippen molar-refractivity contribution in [2.24, 2.45) is 0 Å². The van der Waals surface area contributed by atoms with Crippen molar-refractivity contribution < 1.29 is 9.59 Å². The van der Waals surface area contributed by atoms with Gasteiger partial charge in [0.25, 0.3) is 0 Å². The van der Waals surface area contributed by atoms with Crippen molar-refractivity contribution in [2.75, 3.05) is 0 Å². The molecule has 0 spiro atoms. The van der Waals surface area contributed by atoms with Gasteiger partial charge in [0.05, 0.1) is 0 Å². The lowest BCUT2D eigenvalue weighted by atomic mass is 9.80. The average molecular weight is 399 g/mol. The molecule has 0 aliphatic heterocycles. The number of ketones is 2. The van der Waals surface area contributed by atoms with E-state index in [9.17, 15) is 9.59 Å². The van der Waals surface area contributed by atoms with Crippen molar-refractivity contribution in [3.05, 3.63) is 81.9 Å². The first-order valence-corrected chi connectivity index (χ1v) is 11.4. The van der Waals surface area contributed by atoms with E-state index in [1.54, 1.807) is 0 Å². The van der Waals surface area contributed by atoms with Gasteiger partial charge in [-0.2, -0.15) is 0 Å². The summed E-state index contributed by atoms with van der Waals surface area (Å²) in [4.78, 5) is 26.8. The van der Waals surface area contributed by atoms with Gasteiger partial charge in [-0.15, -0.1) is 0 Å². The largest absolute Gasteiger partial charge is 0.289 e. The molecule has 0 atom stereocenters. The van der Waals surface area contributed by atoms with Crippen molar-refractivity contribution in [1.29, 1.82) is 0 Å². The third-order valence-electron chi connectivity index (χ3n) is 6.30. The molecule has 0 saturated carbocycles. The number of unbranched alkanes of at least 4 members (excludes halogenated alkanes) is 4. The summed E-state index contributed by atoms with van der Waals surface area (Å²) >= 11 is 0. The molecule has 0 N–H and O–H groups in total. The molecule has 0 bridgehead atoms. The summed E-state index contributed by atoms with van der Waals surface area (Å²) in [5.41, 5.74) is 4.78. The normalized spacial score (nSPS) is 12.9. The maximum absolute atomic E-state index is 13.4. The molecule has 2 heteroatoms. The molecule has 3 aromatic rings. The number of carbonyl (C=O) groups is 2. The molecule has 0 radical (unpaired) electrons. The van der Waals surface area contributed by atoms with Crippen molar-refractivity contribution in [1.82, 2.24) is 0 Å². The van der Waals surface area contributed by atoms with Gasteiger partial charge in [-0.25, -0.2) is 0 Å². The quantitative estimate of drug-likeness (QED) is 0.297. The Morgan fingerprint density at radius 1 is 0.567 bits per heavy atom. The van der Waals surface area contributed by atoms with E-state index < -0.39 is 0 Å². The standard InChI is InChI=1S/C28H30O2/c1-3-5-7-11-19-15-23-24(16-20(19)12-8-6-4-2)28(30)26-18-22-14-10-9-13-21(22)17-25(26)27(23)29/h9-10,13-18H,3-8,11-12H2,1-2H3. The molecule has 0 unspecified atom stereocenters. The Bertz CT molecular complexity index is 1020. The molecule has 0 aromatic heterocycles. The maximum Gasteiger partial charge on any atom is 0.194 e. The van der Waals surface area contributed by atoms with E-state index in [1.165, 1.54) is 36.8 Å². The predicted molar refractivity (Wildman–Crippen MR) is 124 cm³/mol. The lowest BCUT2D eigenvalue weighted by Crippen LogP contribution is -2.22. The summed E-state index contributed by atoms with van der Waals surface area (Å²) < 4.78 is 0. The Balaban J connectivity index is 1.79. The first kappa shape index (κ1) is 20.5. The second-order valence-electron chi connectivity index (χ2n) is 8.48. The van der Waals surface area contributed by atoms with E-state index in [1.807, 2.05) is 48.5 Å². The van der Waals surface area contributed by atoms with E-state index in [0.29, 0.717) is 22.3 Å². The monoisotopic (exact) mass is 398 g/mol. The molecule has 2 nitrogen and oxygen atoms in total. The van der Waals surface area contributed by atoms with Gasteiger partial charge in [-0.1, -0.05) is 63.8 Å². The molecule has 1 aliphatic carbocycles. The topological polar surface area (TPSA) is 34.1 Å². The summed E-state index contributed by atoms with van der Waals surface area (Å²) in [6.07, 6.45) is 8.93. The Morgan fingerprint density at radius 2 is 0.967 bits per heavy atom. The molecule has 0 amide bonds. The van der Waals surface area contributed by atoms with E-state index in [4.69, 9.17) is 0 Å². The lowest BCUT2D eigenvalue weighted by molar-refractivity contribution is 0.0979. The third-order valence-corrected chi connectivity index (χ3v) is 6.30. The SMILES string of the molecule is CCCCCc1cc2c(cc1CCCCC)C(=O)c1cc3ccccc3cc1C2=O. The van der Waals surface area contributed by atoms with Crippen LogP contribution in [0.15, 0.2) is 48.5 Å². The van der Waals surface area contributed by atoms with E-state index in [2.05, 4.69) is 13.8 Å². The molecule has 30 heavy (non-hydrogen) atoms. The number of hydrogen-bond donors (Lipinski definition) is 0. The number of hydrogen-bond acceptors (Lipinski definition) is 2. The third kappa shape index (κ3) is 3.84. The van der Waals surface area contributed by atoms with Crippen LogP contribution in [0.3, 0.4) is 0 Å². The minimum absolute atomic E-state index is 0.0118. The Kier molecular flexibility index (Phi) is 6.13. The second-order valence-corrected chi connectivity index (χ2v) is 8.48. The van der Waals surface area contributed by atoms with Crippen LogP contribution >= 0.6 is 0 Å². The van der Waals surface area contributed by atoms with Crippen LogP contribution in [-0.4, -0.2) is 11.6 Å². The number of fused-ring (bicyclic) bond motifs is 3. The van der Waals surface area contributed by atoms with Crippen molar-refractivity contribution in [2.45, 2.75) is 65.2 Å². The summed E-state index contributed by atoms with van der Waals surface area (Å²) in [5.74, 6) is -0.0237. The molecule has 1 aliphatic rings. The van der Waals surface area contributed by atoms with Crippen LogP contribution < -0.4 is 0 Å². The van der Waals surface area contributed by atoms with Gasteiger partial charge in [-0.05, 0) is 71.8 Å². The fraction of sp³-hybridized carbons (Fsp3) is 0.357. The Labute approximate surface area is 179 Å². The van der Waals surface area contributed by atoms with Gasteiger partial charge >= 0.3 is 0 Å². The van der Waals surface area contributed by atoms with E-state index >= 15 is 0 Å². The zero-order chi connectivity index (χ0) is 21.1. The Morgan fingerprint density at radius 3 is 1.37 bits per heavy atom. The van der Waals surface area contributed by atoms with Crippen LogP contribution in [0.25, 0.3) is 10.8 Å². The number of benzene rings is 3. The van der Waals surface area contributed by atoms with Crippen LogP contribution in [0.1, 0.15) is 95.3 Å². The number of aryl methyl sites for hydroxylation is 2. The molecule has 0 heterocycles. The summed E-state index contributed by atoms with van der Waals surface area (Å²) in [6.45, 7) is 4.41. The zero-order valence-electron chi connectivity index (χ0n) is 18.1. The van der Waals surface area contributed by atoms with Crippen LogP contribution in [0.4, 0.5) is 0 Å². The highest BCUT2D eigenvalue weighted by molar-refractivity contribution is 6.29. The smallest absolute Gasteiger partial charge is 0.194 e. The highest BCUT2D eigenvalue weighted by atomic mass is 16.1. The fourth-order valence-corrected chi connectivity index (χ4v) is 4.57.